The number of pyridine rings is 1. The van der Waals surface area contributed by atoms with Crippen molar-refractivity contribution < 1.29 is 4.74 Å². The van der Waals surface area contributed by atoms with E-state index < -0.39 is 0 Å². The number of guanidine groups is 1. The summed E-state index contributed by atoms with van der Waals surface area (Å²) in [4.78, 5) is 14.2. The van der Waals surface area contributed by atoms with E-state index in [9.17, 15) is 0 Å². The lowest BCUT2D eigenvalue weighted by Crippen LogP contribution is -2.59. The molecule has 3 aliphatic rings. The lowest BCUT2D eigenvalue weighted by atomic mass is 9.88. The topological polar surface area (TPSA) is 65.0 Å². The average molecular weight is 543 g/mol. The van der Waals surface area contributed by atoms with Crippen LogP contribution in [0.15, 0.2) is 23.3 Å². The Balaban J connectivity index is 0.00000272. The molecule has 3 fully saturated rings. The minimum Gasteiger partial charge on any atom is -0.381 e. The number of nitrogens with zero attached hydrogens (tertiary/aromatic N) is 4. The highest BCUT2D eigenvalue weighted by Gasteiger charge is 2.39. The molecule has 0 amide bonds. The summed E-state index contributed by atoms with van der Waals surface area (Å²) in [7, 11) is 1.88. The van der Waals surface area contributed by atoms with Crippen molar-refractivity contribution in [2.45, 2.75) is 57.0 Å². The second-order valence-corrected chi connectivity index (χ2v) is 9.06. The summed E-state index contributed by atoms with van der Waals surface area (Å²) >= 11 is 0. The van der Waals surface area contributed by atoms with Crippen LogP contribution in [0.4, 0.5) is 5.82 Å². The number of rotatable bonds is 5. The second kappa shape index (κ2) is 11.7. The minimum absolute atomic E-state index is 0. The van der Waals surface area contributed by atoms with Crippen LogP contribution < -0.4 is 15.5 Å². The Bertz CT molecular complexity index is 693. The molecule has 0 spiro atoms. The molecule has 0 radical (unpaired) electrons. The fraction of sp³-hybridized carbons (Fsp3) is 0.739. The van der Waals surface area contributed by atoms with Crippen molar-refractivity contribution in [3.05, 3.63) is 23.9 Å². The number of anilines is 1. The zero-order valence-electron chi connectivity index (χ0n) is 19.1. The predicted molar refractivity (Wildman–Crippen MR) is 138 cm³/mol. The first-order valence-corrected chi connectivity index (χ1v) is 11.7. The van der Waals surface area contributed by atoms with E-state index in [1.807, 2.05) is 13.2 Å². The molecule has 0 aliphatic carbocycles. The zero-order chi connectivity index (χ0) is 20.8. The van der Waals surface area contributed by atoms with E-state index in [1.165, 1.54) is 31.5 Å². The summed E-state index contributed by atoms with van der Waals surface area (Å²) in [6, 6.07) is 4.73. The molecule has 1 aromatic rings. The van der Waals surface area contributed by atoms with Crippen molar-refractivity contribution in [1.29, 1.82) is 0 Å². The molecule has 0 aromatic carbocycles. The van der Waals surface area contributed by atoms with Gasteiger partial charge in [0.1, 0.15) is 5.82 Å². The number of aromatic nitrogens is 1. The summed E-state index contributed by atoms with van der Waals surface area (Å²) in [5, 5.41) is 7.35. The summed E-state index contributed by atoms with van der Waals surface area (Å²) in [5.41, 5.74) is 1.42. The monoisotopic (exact) mass is 542 g/mol. The van der Waals surface area contributed by atoms with Crippen LogP contribution >= 0.6 is 24.0 Å². The van der Waals surface area contributed by atoms with Crippen LogP contribution in [0.1, 0.15) is 44.1 Å². The highest BCUT2D eigenvalue weighted by molar-refractivity contribution is 14.0. The second-order valence-electron chi connectivity index (χ2n) is 9.06. The first-order valence-electron chi connectivity index (χ1n) is 11.7. The van der Waals surface area contributed by atoms with Gasteiger partial charge in [-0.05, 0) is 70.2 Å². The number of ether oxygens (including phenoxy) is 1. The summed E-state index contributed by atoms with van der Waals surface area (Å²) in [5.74, 6) is 2.03. The van der Waals surface area contributed by atoms with Crippen LogP contribution in [-0.4, -0.2) is 80.4 Å². The summed E-state index contributed by atoms with van der Waals surface area (Å²) in [6.45, 7) is 9.27. The van der Waals surface area contributed by atoms with E-state index in [0.717, 1.165) is 70.3 Å². The molecule has 3 aliphatic heterocycles. The maximum Gasteiger partial charge on any atom is 0.191 e. The molecule has 4 heterocycles. The van der Waals surface area contributed by atoms with Gasteiger partial charge >= 0.3 is 0 Å². The van der Waals surface area contributed by atoms with Crippen molar-refractivity contribution in [2.24, 2.45) is 4.99 Å². The lowest BCUT2D eigenvalue weighted by Gasteiger charge is -2.45. The number of halogens is 1. The predicted octanol–water partition coefficient (Wildman–Crippen LogP) is 2.79. The van der Waals surface area contributed by atoms with E-state index in [0.29, 0.717) is 6.04 Å². The van der Waals surface area contributed by atoms with Gasteiger partial charge in [0, 0.05) is 57.7 Å². The Morgan fingerprint density at radius 1 is 1.16 bits per heavy atom. The standard InChI is InChI=1S/C23H38N6O.HI/c1-19-5-6-21(25-17-19)28-13-7-20(8-14-28)27-22(24-2)26-18-23(9-15-30-16-10-23)29-11-3-4-12-29;/h5-6,17,20H,3-4,7-16,18H2,1-2H3,(H2,24,26,27);1H. The van der Waals surface area contributed by atoms with Crippen LogP contribution in [0.5, 0.6) is 0 Å². The average Bonchev–Trinajstić information content (AvgIpc) is 3.34. The van der Waals surface area contributed by atoms with Crippen molar-refractivity contribution in [3.63, 3.8) is 0 Å². The quantitative estimate of drug-likeness (QED) is 0.339. The molecule has 0 bridgehead atoms. The van der Waals surface area contributed by atoms with Gasteiger partial charge in [0.25, 0.3) is 0 Å². The van der Waals surface area contributed by atoms with Gasteiger partial charge in [-0.2, -0.15) is 0 Å². The summed E-state index contributed by atoms with van der Waals surface area (Å²) in [6.07, 6.45) is 9.02. The maximum atomic E-state index is 5.68. The van der Waals surface area contributed by atoms with Crippen molar-refractivity contribution in [2.75, 3.05) is 57.9 Å². The Hall–Kier alpha value is -1.13. The van der Waals surface area contributed by atoms with Gasteiger partial charge in [-0.1, -0.05) is 6.07 Å². The number of nitrogens with one attached hydrogen (secondary N) is 2. The Morgan fingerprint density at radius 2 is 1.87 bits per heavy atom. The zero-order valence-corrected chi connectivity index (χ0v) is 21.4. The molecule has 0 atom stereocenters. The van der Waals surface area contributed by atoms with Gasteiger partial charge in [-0.15, -0.1) is 24.0 Å². The van der Waals surface area contributed by atoms with E-state index in [4.69, 9.17) is 4.74 Å². The van der Waals surface area contributed by atoms with Crippen LogP contribution in [0.2, 0.25) is 0 Å². The van der Waals surface area contributed by atoms with Gasteiger partial charge in [-0.25, -0.2) is 4.98 Å². The van der Waals surface area contributed by atoms with Crippen LogP contribution in [-0.2, 0) is 4.74 Å². The van der Waals surface area contributed by atoms with Crippen molar-refractivity contribution in [1.82, 2.24) is 20.5 Å². The molecule has 174 valence electrons. The minimum atomic E-state index is 0. The van der Waals surface area contributed by atoms with Gasteiger partial charge < -0.3 is 20.3 Å². The molecule has 0 unspecified atom stereocenters. The van der Waals surface area contributed by atoms with E-state index in [1.54, 1.807) is 0 Å². The van der Waals surface area contributed by atoms with Crippen LogP contribution in [0.25, 0.3) is 0 Å². The number of likely N-dealkylation sites (tertiary alicyclic amines) is 1. The first kappa shape index (κ1) is 24.5. The normalized spacial score (nSPS) is 22.8. The third-order valence-corrected chi connectivity index (χ3v) is 7.06. The van der Waals surface area contributed by atoms with Crippen molar-refractivity contribution in [3.8, 4) is 0 Å². The fourth-order valence-electron chi connectivity index (χ4n) is 5.08. The number of hydrogen-bond acceptors (Lipinski definition) is 5. The van der Waals surface area contributed by atoms with E-state index >= 15 is 0 Å². The van der Waals surface area contributed by atoms with Gasteiger partial charge in [-0.3, -0.25) is 9.89 Å². The molecule has 2 N–H and O–H groups in total. The lowest BCUT2D eigenvalue weighted by molar-refractivity contribution is -0.0164. The Labute approximate surface area is 204 Å². The molecule has 0 saturated carbocycles. The maximum absolute atomic E-state index is 5.68. The smallest absolute Gasteiger partial charge is 0.191 e. The number of hydrogen-bond donors (Lipinski definition) is 2. The third kappa shape index (κ3) is 6.22. The van der Waals surface area contributed by atoms with E-state index in [2.05, 4.69) is 49.5 Å². The molecule has 3 saturated heterocycles. The van der Waals surface area contributed by atoms with Crippen LogP contribution in [0.3, 0.4) is 0 Å². The Morgan fingerprint density at radius 3 is 2.48 bits per heavy atom. The molecule has 31 heavy (non-hydrogen) atoms. The highest BCUT2D eigenvalue weighted by atomic mass is 127. The number of aliphatic imine (C=N–C) groups is 1. The number of piperidine rings is 1. The first-order chi connectivity index (χ1) is 14.7. The third-order valence-electron chi connectivity index (χ3n) is 7.06. The van der Waals surface area contributed by atoms with E-state index in [-0.39, 0.29) is 29.5 Å². The largest absolute Gasteiger partial charge is 0.381 e. The van der Waals surface area contributed by atoms with Gasteiger partial charge in [0.15, 0.2) is 5.96 Å². The van der Waals surface area contributed by atoms with Gasteiger partial charge in [0.2, 0.25) is 0 Å². The Kier molecular flexibility index (Phi) is 9.21. The highest BCUT2D eigenvalue weighted by Crippen LogP contribution is 2.30. The fourth-order valence-corrected chi connectivity index (χ4v) is 5.08. The molecule has 4 rings (SSSR count). The molecule has 8 heteroatoms. The SMILES string of the molecule is CN=C(NCC1(N2CCCC2)CCOCC1)NC1CCN(c2ccc(C)cn2)CC1.I. The summed E-state index contributed by atoms with van der Waals surface area (Å²) < 4.78 is 5.68. The molecule has 1 aromatic heterocycles. The van der Waals surface area contributed by atoms with Gasteiger partial charge in [0.05, 0.1) is 0 Å². The molecular weight excluding hydrogens is 503 g/mol. The number of aryl methyl sites for hydroxylation is 1. The van der Waals surface area contributed by atoms with Crippen molar-refractivity contribution >= 4 is 35.8 Å². The molecular formula is C23H39IN6O. The molecule has 7 nitrogen and oxygen atoms in total. The van der Waals surface area contributed by atoms with Crippen LogP contribution in [0, 0.1) is 6.92 Å².